The SMILES string of the molecule is OCc1cc(F)cc(-c2cccc(F)c2F)c1. The van der Waals surface area contributed by atoms with E-state index in [4.69, 9.17) is 5.11 Å². The predicted molar refractivity (Wildman–Crippen MR) is 57.7 cm³/mol. The number of hydrogen-bond donors (Lipinski definition) is 1. The molecule has 88 valence electrons. The number of aliphatic hydroxyl groups excluding tert-OH is 1. The molecule has 0 saturated carbocycles. The standard InChI is InChI=1S/C13H9F3O/c14-10-5-8(7-17)4-9(6-10)11-2-1-3-12(15)13(11)16/h1-6,17H,7H2. The second-order valence-corrected chi connectivity index (χ2v) is 3.61. The molecule has 0 aliphatic rings. The van der Waals surface area contributed by atoms with Gasteiger partial charge in [0, 0.05) is 5.56 Å². The van der Waals surface area contributed by atoms with Crippen molar-refractivity contribution in [3.05, 3.63) is 59.4 Å². The van der Waals surface area contributed by atoms with E-state index >= 15 is 0 Å². The van der Waals surface area contributed by atoms with E-state index in [0.717, 1.165) is 18.2 Å². The van der Waals surface area contributed by atoms with Crippen LogP contribution < -0.4 is 0 Å². The Morgan fingerprint density at radius 2 is 1.76 bits per heavy atom. The van der Waals surface area contributed by atoms with Gasteiger partial charge in [0.05, 0.1) is 6.61 Å². The highest BCUT2D eigenvalue weighted by molar-refractivity contribution is 5.65. The van der Waals surface area contributed by atoms with E-state index in [2.05, 4.69) is 0 Å². The average molecular weight is 238 g/mol. The molecule has 0 fully saturated rings. The van der Waals surface area contributed by atoms with Gasteiger partial charge < -0.3 is 5.11 Å². The third-order valence-corrected chi connectivity index (χ3v) is 2.40. The zero-order valence-corrected chi connectivity index (χ0v) is 8.75. The Labute approximate surface area is 96.1 Å². The number of hydrogen-bond acceptors (Lipinski definition) is 1. The molecule has 1 nitrogen and oxygen atoms in total. The van der Waals surface area contributed by atoms with E-state index in [1.54, 1.807) is 0 Å². The van der Waals surface area contributed by atoms with Gasteiger partial charge in [0.1, 0.15) is 5.82 Å². The van der Waals surface area contributed by atoms with E-state index in [1.807, 2.05) is 0 Å². The molecule has 0 amide bonds. The van der Waals surface area contributed by atoms with Crippen LogP contribution in [0.1, 0.15) is 5.56 Å². The van der Waals surface area contributed by atoms with Crippen LogP contribution in [0.25, 0.3) is 11.1 Å². The normalized spacial score (nSPS) is 10.6. The smallest absolute Gasteiger partial charge is 0.166 e. The van der Waals surface area contributed by atoms with Gasteiger partial charge in [0.25, 0.3) is 0 Å². The lowest BCUT2D eigenvalue weighted by molar-refractivity contribution is 0.281. The summed E-state index contributed by atoms with van der Waals surface area (Å²) in [5.74, 6) is -2.62. The van der Waals surface area contributed by atoms with Crippen LogP contribution in [0.5, 0.6) is 0 Å². The summed E-state index contributed by atoms with van der Waals surface area (Å²) >= 11 is 0. The Morgan fingerprint density at radius 1 is 1.00 bits per heavy atom. The van der Waals surface area contributed by atoms with Gasteiger partial charge in [0.15, 0.2) is 11.6 Å². The molecule has 2 aromatic carbocycles. The van der Waals surface area contributed by atoms with Gasteiger partial charge in [0.2, 0.25) is 0 Å². The van der Waals surface area contributed by atoms with E-state index in [1.165, 1.54) is 18.2 Å². The zero-order chi connectivity index (χ0) is 12.4. The van der Waals surface area contributed by atoms with E-state index in [9.17, 15) is 13.2 Å². The summed E-state index contributed by atoms with van der Waals surface area (Å²) in [6.45, 7) is -0.359. The van der Waals surface area contributed by atoms with E-state index < -0.39 is 17.5 Å². The van der Waals surface area contributed by atoms with Crippen molar-refractivity contribution in [1.29, 1.82) is 0 Å². The van der Waals surface area contributed by atoms with Crippen LogP contribution in [-0.4, -0.2) is 5.11 Å². The first-order chi connectivity index (χ1) is 8.11. The minimum atomic E-state index is -1.03. The molecule has 2 aromatic rings. The molecule has 1 N–H and O–H groups in total. The highest BCUT2D eigenvalue weighted by atomic mass is 19.2. The van der Waals surface area contributed by atoms with Crippen LogP contribution in [-0.2, 0) is 6.61 Å². The molecule has 17 heavy (non-hydrogen) atoms. The Kier molecular flexibility index (Phi) is 3.15. The summed E-state index contributed by atoms with van der Waals surface area (Å²) in [7, 11) is 0. The fourth-order valence-electron chi connectivity index (χ4n) is 1.62. The predicted octanol–water partition coefficient (Wildman–Crippen LogP) is 3.26. The number of halogens is 3. The lowest BCUT2D eigenvalue weighted by Crippen LogP contribution is -1.92. The summed E-state index contributed by atoms with van der Waals surface area (Å²) in [5, 5.41) is 8.92. The van der Waals surface area contributed by atoms with Gasteiger partial charge >= 0.3 is 0 Å². The summed E-state index contributed by atoms with van der Waals surface area (Å²) in [6, 6.07) is 7.34. The van der Waals surface area contributed by atoms with Crippen LogP contribution in [0.4, 0.5) is 13.2 Å². The minimum Gasteiger partial charge on any atom is -0.392 e. The molecular weight excluding hydrogens is 229 g/mol. The molecule has 0 aliphatic carbocycles. The average Bonchev–Trinajstić information content (AvgIpc) is 2.31. The first-order valence-electron chi connectivity index (χ1n) is 4.96. The zero-order valence-electron chi connectivity index (χ0n) is 8.75. The van der Waals surface area contributed by atoms with Gasteiger partial charge in [-0.25, -0.2) is 13.2 Å². The Bertz CT molecular complexity index is 552. The molecule has 0 unspecified atom stereocenters. The molecule has 0 aliphatic heterocycles. The molecule has 0 bridgehead atoms. The van der Waals surface area contributed by atoms with Gasteiger partial charge in [-0.1, -0.05) is 12.1 Å². The second-order valence-electron chi connectivity index (χ2n) is 3.61. The van der Waals surface area contributed by atoms with Crippen molar-refractivity contribution >= 4 is 0 Å². The van der Waals surface area contributed by atoms with Crippen molar-refractivity contribution in [2.45, 2.75) is 6.61 Å². The molecule has 0 atom stereocenters. The lowest BCUT2D eigenvalue weighted by Gasteiger charge is -2.06. The van der Waals surface area contributed by atoms with E-state index in [-0.39, 0.29) is 17.7 Å². The third-order valence-electron chi connectivity index (χ3n) is 2.40. The molecule has 0 aromatic heterocycles. The van der Waals surface area contributed by atoms with Crippen molar-refractivity contribution in [2.24, 2.45) is 0 Å². The quantitative estimate of drug-likeness (QED) is 0.851. The summed E-state index contributed by atoms with van der Waals surface area (Å²) in [6.07, 6.45) is 0. The second kappa shape index (κ2) is 4.59. The van der Waals surface area contributed by atoms with Crippen LogP contribution in [0.15, 0.2) is 36.4 Å². The Balaban J connectivity index is 2.60. The maximum atomic E-state index is 13.5. The summed E-state index contributed by atoms with van der Waals surface area (Å²) in [5.41, 5.74) is 0.480. The first-order valence-corrected chi connectivity index (χ1v) is 4.96. The van der Waals surface area contributed by atoms with Crippen LogP contribution >= 0.6 is 0 Å². The lowest BCUT2D eigenvalue weighted by atomic mass is 10.0. The third kappa shape index (κ3) is 2.31. The van der Waals surface area contributed by atoms with E-state index in [0.29, 0.717) is 5.56 Å². The summed E-state index contributed by atoms with van der Waals surface area (Å²) < 4.78 is 39.7. The van der Waals surface area contributed by atoms with Crippen molar-refractivity contribution in [1.82, 2.24) is 0 Å². The van der Waals surface area contributed by atoms with Gasteiger partial charge in [-0.3, -0.25) is 0 Å². The maximum Gasteiger partial charge on any atom is 0.166 e. The van der Waals surface area contributed by atoms with Gasteiger partial charge in [-0.05, 0) is 35.4 Å². The first kappa shape index (κ1) is 11.7. The molecule has 0 heterocycles. The largest absolute Gasteiger partial charge is 0.392 e. The van der Waals surface area contributed by atoms with Gasteiger partial charge in [-0.15, -0.1) is 0 Å². The van der Waals surface area contributed by atoms with Crippen LogP contribution in [0, 0.1) is 17.5 Å². The highest BCUT2D eigenvalue weighted by Crippen LogP contribution is 2.26. The molecule has 0 radical (unpaired) electrons. The summed E-state index contributed by atoms with van der Waals surface area (Å²) in [4.78, 5) is 0. The van der Waals surface area contributed by atoms with Gasteiger partial charge in [-0.2, -0.15) is 0 Å². The fourth-order valence-corrected chi connectivity index (χ4v) is 1.62. The van der Waals surface area contributed by atoms with Crippen molar-refractivity contribution in [2.75, 3.05) is 0 Å². The maximum absolute atomic E-state index is 13.5. The van der Waals surface area contributed by atoms with Crippen molar-refractivity contribution in [3.63, 3.8) is 0 Å². The van der Waals surface area contributed by atoms with Crippen LogP contribution in [0.2, 0.25) is 0 Å². The molecule has 4 heteroatoms. The molecule has 0 spiro atoms. The van der Waals surface area contributed by atoms with Crippen molar-refractivity contribution in [3.8, 4) is 11.1 Å². The monoisotopic (exact) mass is 238 g/mol. The topological polar surface area (TPSA) is 20.2 Å². The Morgan fingerprint density at radius 3 is 2.47 bits per heavy atom. The fraction of sp³-hybridized carbons (Fsp3) is 0.0769. The molecule has 0 saturated heterocycles. The minimum absolute atomic E-state index is 0.0285. The molecule has 2 rings (SSSR count). The number of benzene rings is 2. The van der Waals surface area contributed by atoms with Crippen LogP contribution in [0.3, 0.4) is 0 Å². The Hall–Kier alpha value is -1.81. The highest BCUT2D eigenvalue weighted by Gasteiger charge is 2.11. The van der Waals surface area contributed by atoms with Crippen molar-refractivity contribution < 1.29 is 18.3 Å². The molecular formula is C13H9F3O. The number of aliphatic hydroxyl groups is 1. The number of rotatable bonds is 2.